The lowest BCUT2D eigenvalue weighted by Gasteiger charge is -2.11. The Morgan fingerprint density at radius 1 is 1.53 bits per heavy atom. The summed E-state index contributed by atoms with van der Waals surface area (Å²) >= 11 is 5.63. The third-order valence-corrected chi connectivity index (χ3v) is 2.25. The summed E-state index contributed by atoms with van der Waals surface area (Å²) < 4.78 is 12.9. The summed E-state index contributed by atoms with van der Waals surface area (Å²) in [6.07, 6.45) is 0.907. The molecule has 0 aliphatic rings. The summed E-state index contributed by atoms with van der Waals surface area (Å²) in [6, 6.07) is 0.963. The maximum absolute atomic E-state index is 12.9. The Hall–Kier alpha value is -1.69. The summed E-state index contributed by atoms with van der Waals surface area (Å²) in [7, 11) is 3.12. The van der Waals surface area contributed by atoms with Gasteiger partial charge in [-0.25, -0.2) is 9.37 Å². The molecule has 1 N–H and O–H groups in total. The molecule has 0 atom stereocenters. The van der Waals surface area contributed by atoms with Gasteiger partial charge in [0.2, 0.25) is 5.91 Å². The van der Waals surface area contributed by atoms with Crippen molar-refractivity contribution in [3.8, 4) is 0 Å². The predicted molar refractivity (Wildman–Crippen MR) is 60.2 cm³/mol. The van der Waals surface area contributed by atoms with Crippen LogP contribution in [0.5, 0.6) is 0 Å². The van der Waals surface area contributed by atoms with E-state index in [-0.39, 0.29) is 23.2 Å². The Balaban J connectivity index is 2.70. The maximum atomic E-state index is 12.9. The number of aromatic nitrogens is 1. The summed E-state index contributed by atoms with van der Waals surface area (Å²) in [5, 5.41) is 2.22. The molecule has 7 heteroatoms. The third kappa shape index (κ3) is 3.67. The molecule has 1 aromatic heterocycles. The molecule has 0 spiro atoms. The fourth-order valence-electron chi connectivity index (χ4n) is 0.991. The lowest BCUT2D eigenvalue weighted by Crippen LogP contribution is -2.36. The standard InChI is InChI=1S/C10H11ClFN3O2/c1-15(2)8(16)5-14-10(17)7-3-6(12)4-13-9(7)11/h3-4H,5H2,1-2H3,(H,14,17). The fraction of sp³-hybridized carbons (Fsp3) is 0.300. The first-order chi connectivity index (χ1) is 7.91. The molecular formula is C10H11ClFN3O2. The molecule has 0 saturated carbocycles. The fourth-order valence-corrected chi connectivity index (χ4v) is 1.18. The summed E-state index contributed by atoms with van der Waals surface area (Å²) in [4.78, 5) is 27.6. The van der Waals surface area contributed by atoms with Crippen molar-refractivity contribution < 1.29 is 14.0 Å². The van der Waals surface area contributed by atoms with Gasteiger partial charge < -0.3 is 10.2 Å². The second-order valence-corrected chi connectivity index (χ2v) is 3.82. The topological polar surface area (TPSA) is 62.3 Å². The molecule has 92 valence electrons. The van der Waals surface area contributed by atoms with E-state index in [9.17, 15) is 14.0 Å². The van der Waals surface area contributed by atoms with Crippen LogP contribution < -0.4 is 5.32 Å². The minimum Gasteiger partial charge on any atom is -0.347 e. The van der Waals surface area contributed by atoms with E-state index in [1.165, 1.54) is 4.90 Å². The molecule has 5 nitrogen and oxygen atoms in total. The van der Waals surface area contributed by atoms with Crippen LogP contribution in [0.4, 0.5) is 4.39 Å². The first-order valence-electron chi connectivity index (χ1n) is 4.71. The maximum Gasteiger partial charge on any atom is 0.254 e. The number of likely N-dealkylation sites (N-methyl/N-ethyl adjacent to an activating group) is 1. The molecule has 0 aliphatic heterocycles. The van der Waals surface area contributed by atoms with Crippen molar-refractivity contribution in [2.45, 2.75) is 0 Å². The van der Waals surface area contributed by atoms with Crippen LogP contribution in [-0.4, -0.2) is 42.3 Å². The summed E-state index contributed by atoms with van der Waals surface area (Å²) in [6.45, 7) is -0.182. The van der Waals surface area contributed by atoms with Gasteiger partial charge >= 0.3 is 0 Å². The Bertz CT molecular complexity index is 451. The van der Waals surface area contributed by atoms with Gasteiger partial charge in [-0.1, -0.05) is 11.6 Å². The second-order valence-electron chi connectivity index (χ2n) is 3.46. The number of nitrogens with zero attached hydrogens (tertiary/aromatic N) is 2. The van der Waals surface area contributed by atoms with Crippen molar-refractivity contribution in [2.24, 2.45) is 0 Å². The van der Waals surface area contributed by atoms with Crippen molar-refractivity contribution >= 4 is 23.4 Å². The molecule has 0 aliphatic carbocycles. The van der Waals surface area contributed by atoms with Gasteiger partial charge in [-0.2, -0.15) is 0 Å². The Kier molecular flexibility index (Phi) is 4.39. The molecule has 1 heterocycles. The number of amides is 2. The molecule has 0 bridgehead atoms. The van der Waals surface area contributed by atoms with E-state index in [1.54, 1.807) is 14.1 Å². The van der Waals surface area contributed by atoms with E-state index in [0.717, 1.165) is 12.3 Å². The Labute approximate surface area is 103 Å². The van der Waals surface area contributed by atoms with Crippen molar-refractivity contribution in [3.63, 3.8) is 0 Å². The second kappa shape index (κ2) is 5.58. The van der Waals surface area contributed by atoms with Crippen LogP contribution in [0.25, 0.3) is 0 Å². The molecule has 0 radical (unpaired) electrons. The molecule has 0 unspecified atom stereocenters. The molecule has 1 rings (SSSR count). The average molecular weight is 260 g/mol. The van der Waals surface area contributed by atoms with Crippen molar-refractivity contribution in [1.82, 2.24) is 15.2 Å². The normalized spacial score (nSPS) is 9.88. The predicted octanol–water partition coefficient (Wildman–Crippen LogP) is 0.692. The minimum absolute atomic E-state index is 0.0989. The van der Waals surface area contributed by atoms with Gasteiger partial charge in [-0.05, 0) is 6.07 Å². The monoisotopic (exact) mass is 259 g/mol. The number of carbonyl (C=O) groups is 2. The SMILES string of the molecule is CN(C)C(=O)CNC(=O)c1cc(F)cnc1Cl. The van der Waals surface area contributed by atoms with Crippen LogP contribution in [0.3, 0.4) is 0 Å². The first kappa shape index (κ1) is 13.4. The summed E-state index contributed by atoms with van der Waals surface area (Å²) in [5.41, 5.74) is -0.0989. The largest absolute Gasteiger partial charge is 0.347 e. The van der Waals surface area contributed by atoms with Crippen molar-refractivity contribution in [2.75, 3.05) is 20.6 Å². The van der Waals surface area contributed by atoms with Gasteiger partial charge in [0.05, 0.1) is 18.3 Å². The molecule has 1 aromatic rings. The van der Waals surface area contributed by atoms with E-state index in [4.69, 9.17) is 11.6 Å². The van der Waals surface area contributed by atoms with E-state index in [0.29, 0.717) is 0 Å². The third-order valence-electron chi connectivity index (χ3n) is 1.95. The zero-order chi connectivity index (χ0) is 13.0. The van der Waals surface area contributed by atoms with E-state index in [2.05, 4.69) is 10.3 Å². The van der Waals surface area contributed by atoms with Gasteiger partial charge in [0.25, 0.3) is 5.91 Å². The minimum atomic E-state index is -0.668. The first-order valence-corrected chi connectivity index (χ1v) is 5.09. The Morgan fingerprint density at radius 3 is 2.76 bits per heavy atom. The number of nitrogens with one attached hydrogen (secondary N) is 1. The summed E-state index contributed by atoms with van der Waals surface area (Å²) in [5.74, 6) is -1.59. The van der Waals surface area contributed by atoms with E-state index < -0.39 is 11.7 Å². The number of carbonyl (C=O) groups excluding carboxylic acids is 2. The number of halogens is 2. The van der Waals surface area contributed by atoms with E-state index >= 15 is 0 Å². The zero-order valence-electron chi connectivity index (χ0n) is 9.33. The van der Waals surface area contributed by atoms with Gasteiger partial charge in [-0.3, -0.25) is 9.59 Å². The van der Waals surface area contributed by atoms with Gasteiger partial charge in [0.1, 0.15) is 11.0 Å². The molecular weight excluding hydrogens is 249 g/mol. The lowest BCUT2D eigenvalue weighted by molar-refractivity contribution is -0.127. The van der Waals surface area contributed by atoms with Crippen molar-refractivity contribution in [3.05, 3.63) is 28.8 Å². The Morgan fingerprint density at radius 2 is 2.18 bits per heavy atom. The van der Waals surface area contributed by atoms with Gasteiger partial charge in [-0.15, -0.1) is 0 Å². The van der Waals surface area contributed by atoms with Crippen LogP contribution in [0, 0.1) is 5.82 Å². The van der Waals surface area contributed by atoms with Gasteiger partial charge in [0.15, 0.2) is 0 Å². The quantitative estimate of drug-likeness (QED) is 0.813. The molecule has 0 aromatic carbocycles. The van der Waals surface area contributed by atoms with E-state index in [1.807, 2.05) is 0 Å². The number of rotatable bonds is 3. The molecule has 2 amide bonds. The lowest BCUT2D eigenvalue weighted by atomic mass is 10.2. The smallest absolute Gasteiger partial charge is 0.254 e. The number of hydrogen-bond acceptors (Lipinski definition) is 3. The van der Waals surface area contributed by atoms with Crippen LogP contribution in [-0.2, 0) is 4.79 Å². The molecule has 17 heavy (non-hydrogen) atoms. The molecule has 0 fully saturated rings. The molecule has 0 saturated heterocycles. The van der Waals surface area contributed by atoms with Crippen LogP contribution in [0.1, 0.15) is 10.4 Å². The number of hydrogen-bond donors (Lipinski definition) is 1. The van der Waals surface area contributed by atoms with Crippen LogP contribution in [0.2, 0.25) is 5.15 Å². The number of pyridine rings is 1. The zero-order valence-corrected chi connectivity index (χ0v) is 10.1. The highest BCUT2D eigenvalue weighted by Crippen LogP contribution is 2.13. The highest BCUT2D eigenvalue weighted by atomic mass is 35.5. The average Bonchev–Trinajstić information content (AvgIpc) is 2.28. The van der Waals surface area contributed by atoms with Gasteiger partial charge in [0, 0.05) is 14.1 Å². The highest BCUT2D eigenvalue weighted by Gasteiger charge is 2.14. The van der Waals surface area contributed by atoms with Crippen LogP contribution in [0.15, 0.2) is 12.3 Å². The van der Waals surface area contributed by atoms with Crippen LogP contribution >= 0.6 is 11.6 Å². The van der Waals surface area contributed by atoms with Crippen molar-refractivity contribution in [1.29, 1.82) is 0 Å². The highest BCUT2D eigenvalue weighted by molar-refractivity contribution is 6.32.